The molecule has 0 aliphatic heterocycles. The van der Waals surface area contributed by atoms with Crippen LogP contribution in [0.4, 0.5) is 4.79 Å². The van der Waals surface area contributed by atoms with E-state index < -0.39 is 17.5 Å². The molecular weight excluding hydrogens is 200 g/mol. The Morgan fingerprint density at radius 2 is 1.80 bits per heavy atom. The first-order chi connectivity index (χ1) is 6.70. The van der Waals surface area contributed by atoms with Crippen LogP contribution in [0.25, 0.3) is 0 Å². The number of nitrogens with zero attached hydrogens (tertiary/aromatic N) is 2. The summed E-state index contributed by atoms with van der Waals surface area (Å²) in [6, 6.07) is 0. The van der Waals surface area contributed by atoms with Gasteiger partial charge >= 0.3 is 6.09 Å². The summed E-state index contributed by atoms with van der Waals surface area (Å²) in [6.45, 7) is 4.95. The summed E-state index contributed by atoms with van der Waals surface area (Å²) in [5, 5.41) is 9.93. The maximum atomic E-state index is 11.4. The highest BCUT2D eigenvalue weighted by atomic mass is 16.7. The first-order valence-corrected chi connectivity index (χ1v) is 4.51. The van der Waals surface area contributed by atoms with Crippen LogP contribution < -0.4 is 0 Å². The number of carbonyl (C=O) groups excluding carboxylic acids is 1. The van der Waals surface area contributed by atoms with Crippen LogP contribution in [-0.2, 0) is 9.63 Å². The van der Waals surface area contributed by atoms with Gasteiger partial charge in [-0.2, -0.15) is 0 Å². The van der Waals surface area contributed by atoms with Crippen molar-refractivity contribution in [1.29, 1.82) is 0 Å². The van der Waals surface area contributed by atoms with Gasteiger partial charge in [0.25, 0.3) is 5.91 Å². The number of carbonyl (C=O) groups is 2. The second-order valence-electron chi connectivity index (χ2n) is 4.11. The Hall–Kier alpha value is -1.30. The molecule has 2 amide bonds. The van der Waals surface area contributed by atoms with Gasteiger partial charge < -0.3 is 5.11 Å². The lowest BCUT2D eigenvalue weighted by atomic mass is 10.1. The van der Waals surface area contributed by atoms with Crippen LogP contribution >= 0.6 is 0 Å². The number of hydroxylamine groups is 2. The second-order valence-corrected chi connectivity index (χ2v) is 4.11. The smallest absolute Gasteiger partial charge is 0.408 e. The van der Waals surface area contributed by atoms with E-state index in [-0.39, 0.29) is 6.54 Å². The largest absolute Gasteiger partial charge is 0.465 e. The van der Waals surface area contributed by atoms with E-state index >= 15 is 0 Å². The molecular formula is C9H18N2O4. The summed E-state index contributed by atoms with van der Waals surface area (Å²) in [5.41, 5.74) is -0.615. The van der Waals surface area contributed by atoms with E-state index in [1.807, 2.05) is 0 Å². The van der Waals surface area contributed by atoms with Crippen molar-refractivity contribution < 1.29 is 19.5 Å². The maximum absolute atomic E-state index is 11.4. The Balaban J connectivity index is 4.58. The van der Waals surface area contributed by atoms with Crippen LogP contribution in [0.2, 0.25) is 0 Å². The first kappa shape index (κ1) is 13.7. The lowest BCUT2D eigenvalue weighted by molar-refractivity contribution is -0.170. The van der Waals surface area contributed by atoms with Gasteiger partial charge in [-0.25, -0.2) is 9.86 Å². The molecule has 0 aromatic rings. The number of rotatable bonds is 3. The molecule has 0 heterocycles. The van der Waals surface area contributed by atoms with Crippen LogP contribution in [0.3, 0.4) is 0 Å². The van der Waals surface area contributed by atoms with Crippen molar-refractivity contribution in [3.63, 3.8) is 0 Å². The lowest BCUT2D eigenvalue weighted by Gasteiger charge is -2.33. The Bertz CT molecular complexity index is 247. The number of carboxylic acid groups (broad SMARTS) is 1. The third kappa shape index (κ3) is 4.16. The van der Waals surface area contributed by atoms with Crippen LogP contribution in [0, 0.1) is 0 Å². The molecule has 0 bridgehead atoms. The third-order valence-corrected chi connectivity index (χ3v) is 1.96. The number of amides is 2. The lowest BCUT2D eigenvalue weighted by Crippen LogP contribution is -2.49. The summed E-state index contributed by atoms with van der Waals surface area (Å²) in [4.78, 5) is 28.1. The second kappa shape index (κ2) is 4.97. The molecule has 0 saturated heterocycles. The zero-order valence-corrected chi connectivity index (χ0v) is 9.77. The normalized spacial score (nSPS) is 11.0. The van der Waals surface area contributed by atoms with E-state index in [2.05, 4.69) is 4.84 Å². The molecule has 0 radical (unpaired) electrons. The molecule has 6 nitrogen and oxygen atoms in total. The van der Waals surface area contributed by atoms with Crippen LogP contribution in [0.1, 0.15) is 20.8 Å². The van der Waals surface area contributed by atoms with E-state index in [0.717, 1.165) is 9.96 Å². The van der Waals surface area contributed by atoms with Gasteiger partial charge in [0, 0.05) is 12.6 Å². The van der Waals surface area contributed by atoms with Gasteiger partial charge in [0.15, 0.2) is 0 Å². The summed E-state index contributed by atoms with van der Waals surface area (Å²) < 4.78 is 0. The molecule has 0 fully saturated rings. The zero-order valence-electron chi connectivity index (χ0n) is 9.77. The standard InChI is InChI=1S/C9H18N2O4/c1-9(2,3)11(8(13)14)6-7(12)10(4)15-5/h6H2,1-5H3,(H,13,14). The Labute approximate surface area is 89.4 Å². The maximum Gasteiger partial charge on any atom is 0.408 e. The highest BCUT2D eigenvalue weighted by Gasteiger charge is 2.29. The molecule has 0 aromatic heterocycles. The van der Waals surface area contributed by atoms with E-state index in [1.54, 1.807) is 20.8 Å². The SMILES string of the molecule is CON(C)C(=O)CN(C(=O)O)C(C)(C)C. The third-order valence-electron chi connectivity index (χ3n) is 1.96. The van der Waals surface area contributed by atoms with Gasteiger partial charge in [-0.15, -0.1) is 0 Å². The number of hydrogen-bond acceptors (Lipinski definition) is 3. The van der Waals surface area contributed by atoms with Crippen molar-refractivity contribution in [2.75, 3.05) is 20.7 Å². The van der Waals surface area contributed by atoms with Crippen molar-refractivity contribution in [2.24, 2.45) is 0 Å². The molecule has 0 saturated carbocycles. The van der Waals surface area contributed by atoms with Gasteiger partial charge in [0.2, 0.25) is 0 Å². The van der Waals surface area contributed by atoms with Crippen LogP contribution in [0.5, 0.6) is 0 Å². The topological polar surface area (TPSA) is 70.1 Å². The van der Waals surface area contributed by atoms with Crippen LogP contribution in [-0.4, -0.2) is 53.3 Å². The zero-order chi connectivity index (χ0) is 12.2. The van der Waals surface area contributed by atoms with Crippen molar-refractivity contribution in [3.05, 3.63) is 0 Å². The van der Waals surface area contributed by atoms with Gasteiger partial charge in [0.05, 0.1) is 7.11 Å². The molecule has 1 N–H and O–H groups in total. The van der Waals surface area contributed by atoms with Gasteiger partial charge in [-0.05, 0) is 20.8 Å². The summed E-state index contributed by atoms with van der Waals surface area (Å²) in [6.07, 6.45) is -1.12. The Kier molecular flexibility index (Phi) is 4.54. The van der Waals surface area contributed by atoms with E-state index in [9.17, 15) is 9.59 Å². The van der Waals surface area contributed by atoms with Gasteiger partial charge in [0.1, 0.15) is 6.54 Å². The fraction of sp³-hybridized carbons (Fsp3) is 0.778. The summed E-state index contributed by atoms with van der Waals surface area (Å²) in [5.74, 6) is -0.408. The molecule has 0 rings (SSSR count). The van der Waals surface area contributed by atoms with Gasteiger partial charge in [-0.1, -0.05) is 0 Å². The summed E-state index contributed by atoms with van der Waals surface area (Å²) in [7, 11) is 2.78. The minimum Gasteiger partial charge on any atom is -0.465 e. The van der Waals surface area contributed by atoms with E-state index in [1.165, 1.54) is 14.2 Å². The molecule has 6 heteroatoms. The Morgan fingerprint density at radius 1 is 1.33 bits per heavy atom. The average Bonchev–Trinajstić information content (AvgIpc) is 2.09. The van der Waals surface area contributed by atoms with Crippen LogP contribution in [0.15, 0.2) is 0 Å². The molecule has 0 aliphatic carbocycles. The quantitative estimate of drug-likeness (QED) is 0.711. The first-order valence-electron chi connectivity index (χ1n) is 4.51. The molecule has 0 atom stereocenters. The van der Waals surface area contributed by atoms with Crippen molar-refractivity contribution in [3.8, 4) is 0 Å². The van der Waals surface area contributed by atoms with Crippen molar-refractivity contribution >= 4 is 12.0 Å². The average molecular weight is 218 g/mol. The fourth-order valence-electron chi connectivity index (χ4n) is 0.928. The highest BCUT2D eigenvalue weighted by Crippen LogP contribution is 2.13. The van der Waals surface area contributed by atoms with Gasteiger partial charge in [-0.3, -0.25) is 14.5 Å². The molecule has 0 spiro atoms. The summed E-state index contributed by atoms with van der Waals surface area (Å²) >= 11 is 0. The number of likely N-dealkylation sites (N-methyl/N-ethyl adjacent to an activating group) is 1. The molecule has 88 valence electrons. The monoisotopic (exact) mass is 218 g/mol. The predicted octanol–water partition coefficient (Wildman–Crippen LogP) is 0.785. The fourth-order valence-corrected chi connectivity index (χ4v) is 0.928. The highest BCUT2D eigenvalue weighted by molar-refractivity contribution is 5.81. The Morgan fingerprint density at radius 3 is 2.07 bits per heavy atom. The predicted molar refractivity (Wildman–Crippen MR) is 54.3 cm³/mol. The minimum absolute atomic E-state index is 0.219. The van der Waals surface area contributed by atoms with E-state index in [4.69, 9.17) is 5.11 Å². The van der Waals surface area contributed by atoms with E-state index in [0.29, 0.717) is 0 Å². The molecule has 0 unspecified atom stereocenters. The molecule has 0 aliphatic rings. The molecule has 0 aromatic carbocycles. The minimum atomic E-state index is -1.12. The van der Waals surface area contributed by atoms with Crippen molar-refractivity contribution in [1.82, 2.24) is 9.96 Å². The van der Waals surface area contributed by atoms with Crippen molar-refractivity contribution in [2.45, 2.75) is 26.3 Å². The molecule has 15 heavy (non-hydrogen) atoms. The number of hydrogen-bond donors (Lipinski definition) is 1.